The molecule has 0 spiro atoms. The molecule has 0 saturated heterocycles. The largest absolute Gasteiger partial charge is 0.347 e. The number of benzene rings is 2. The van der Waals surface area contributed by atoms with Crippen LogP contribution in [0.3, 0.4) is 0 Å². The quantitative estimate of drug-likeness (QED) is 0.677. The van der Waals surface area contributed by atoms with Crippen molar-refractivity contribution in [3.05, 3.63) is 76.6 Å². The monoisotopic (exact) mass is 390 g/mol. The number of aryl methyl sites for hydroxylation is 2. The molecule has 0 aliphatic heterocycles. The number of hydrogen-bond donors (Lipinski definition) is 2. The van der Waals surface area contributed by atoms with Gasteiger partial charge in [-0.25, -0.2) is 4.68 Å². The third-order valence-corrected chi connectivity index (χ3v) is 5.10. The molecule has 0 aliphatic rings. The predicted molar refractivity (Wildman–Crippen MR) is 114 cm³/mol. The van der Waals surface area contributed by atoms with Crippen LogP contribution >= 0.6 is 0 Å². The Hall–Kier alpha value is -3.41. The first kappa shape index (κ1) is 20.3. The number of aromatic nitrogens is 2. The number of carbonyl (C=O) groups excluding carboxylic acids is 2. The van der Waals surface area contributed by atoms with Crippen LogP contribution < -0.4 is 10.6 Å². The third kappa shape index (κ3) is 4.71. The Morgan fingerprint density at radius 2 is 1.66 bits per heavy atom. The highest BCUT2D eigenvalue weighted by atomic mass is 16.2. The number of amides is 2. The number of nitrogens with zero attached hydrogens (tertiary/aromatic N) is 2. The molecular formula is C23H26N4O2. The van der Waals surface area contributed by atoms with Crippen LogP contribution in [-0.2, 0) is 16.0 Å². The highest BCUT2D eigenvalue weighted by molar-refractivity contribution is 5.95. The van der Waals surface area contributed by atoms with Crippen molar-refractivity contribution in [2.24, 2.45) is 0 Å². The SMILES string of the molecule is Cc1cccc(NC(=O)CNC(=O)Cc2c(C)nn(-c3ccccc3)c2C)c1C. The lowest BCUT2D eigenvalue weighted by molar-refractivity contribution is -0.123. The molecule has 0 fully saturated rings. The maximum Gasteiger partial charge on any atom is 0.243 e. The van der Waals surface area contributed by atoms with Gasteiger partial charge in [-0.3, -0.25) is 9.59 Å². The summed E-state index contributed by atoms with van der Waals surface area (Å²) in [5.74, 6) is -0.458. The Labute approximate surface area is 170 Å². The minimum Gasteiger partial charge on any atom is -0.347 e. The van der Waals surface area contributed by atoms with Gasteiger partial charge in [0, 0.05) is 16.9 Å². The third-order valence-electron chi connectivity index (χ3n) is 5.10. The van der Waals surface area contributed by atoms with Crippen LogP contribution in [-0.4, -0.2) is 28.1 Å². The first-order chi connectivity index (χ1) is 13.9. The summed E-state index contributed by atoms with van der Waals surface area (Å²) in [5.41, 5.74) is 6.44. The molecule has 0 saturated carbocycles. The Bertz CT molecular complexity index is 1040. The molecule has 1 aromatic heterocycles. The van der Waals surface area contributed by atoms with E-state index in [2.05, 4.69) is 15.7 Å². The highest BCUT2D eigenvalue weighted by Gasteiger charge is 2.16. The molecule has 0 aliphatic carbocycles. The smallest absolute Gasteiger partial charge is 0.243 e. The zero-order valence-corrected chi connectivity index (χ0v) is 17.2. The summed E-state index contributed by atoms with van der Waals surface area (Å²) < 4.78 is 1.84. The molecule has 0 radical (unpaired) electrons. The summed E-state index contributed by atoms with van der Waals surface area (Å²) in [6.45, 7) is 7.72. The van der Waals surface area contributed by atoms with Crippen LogP contribution in [0.5, 0.6) is 0 Å². The fraction of sp³-hybridized carbons (Fsp3) is 0.261. The number of rotatable bonds is 6. The molecule has 2 amide bonds. The van der Waals surface area contributed by atoms with Crippen LogP contribution in [0.1, 0.15) is 28.1 Å². The maximum absolute atomic E-state index is 12.4. The van der Waals surface area contributed by atoms with Gasteiger partial charge in [0.15, 0.2) is 0 Å². The summed E-state index contributed by atoms with van der Waals surface area (Å²) in [6, 6.07) is 15.5. The van der Waals surface area contributed by atoms with Gasteiger partial charge < -0.3 is 10.6 Å². The Morgan fingerprint density at radius 3 is 2.38 bits per heavy atom. The topological polar surface area (TPSA) is 76.0 Å². The van der Waals surface area contributed by atoms with E-state index in [1.54, 1.807) is 0 Å². The van der Waals surface area contributed by atoms with Crippen molar-refractivity contribution >= 4 is 17.5 Å². The van der Waals surface area contributed by atoms with E-state index in [9.17, 15) is 9.59 Å². The Morgan fingerprint density at radius 1 is 0.931 bits per heavy atom. The molecule has 0 unspecified atom stereocenters. The normalized spacial score (nSPS) is 10.6. The zero-order chi connectivity index (χ0) is 21.0. The standard InChI is InChI=1S/C23H26N4O2/c1-15-9-8-12-21(16(15)2)25-23(29)14-24-22(28)13-20-17(3)26-27(18(20)4)19-10-6-5-7-11-19/h5-12H,13-14H2,1-4H3,(H,24,28)(H,25,29). The van der Waals surface area contributed by atoms with E-state index < -0.39 is 0 Å². The molecule has 150 valence electrons. The van der Waals surface area contributed by atoms with Gasteiger partial charge in [0.05, 0.1) is 24.3 Å². The molecule has 6 heteroatoms. The Kier molecular flexibility index (Phi) is 6.12. The van der Waals surface area contributed by atoms with Crippen LogP contribution in [0.4, 0.5) is 5.69 Å². The van der Waals surface area contributed by atoms with E-state index in [1.807, 2.05) is 80.9 Å². The van der Waals surface area contributed by atoms with Crippen molar-refractivity contribution in [1.82, 2.24) is 15.1 Å². The fourth-order valence-electron chi connectivity index (χ4n) is 3.23. The van der Waals surface area contributed by atoms with E-state index in [-0.39, 0.29) is 24.8 Å². The first-order valence-corrected chi connectivity index (χ1v) is 9.60. The molecule has 0 atom stereocenters. The first-order valence-electron chi connectivity index (χ1n) is 9.60. The predicted octanol–water partition coefficient (Wildman–Crippen LogP) is 3.40. The van der Waals surface area contributed by atoms with E-state index in [4.69, 9.17) is 0 Å². The molecule has 1 heterocycles. The average molecular weight is 390 g/mol. The van der Waals surface area contributed by atoms with E-state index in [1.165, 1.54) is 0 Å². The van der Waals surface area contributed by atoms with Crippen LogP contribution in [0.2, 0.25) is 0 Å². The van der Waals surface area contributed by atoms with Crippen LogP contribution in [0.15, 0.2) is 48.5 Å². The lowest BCUT2D eigenvalue weighted by Crippen LogP contribution is -2.34. The Balaban J connectivity index is 1.61. The van der Waals surface area contributed by atoms with Crippen LogP contribution in [0.25, 0.3) is 5.69 Å². The average Bonchev–Trinajstić information content (AvgIpc) is 2.99. The summed E-state index contributed by atoms with van der Waals surface area (Å²) in [5, 5.41) is 10.1. The summed E-state index contributed by atoms with van der Waals surface area (Å²) in [7, 11) is 0. The summed E-state index contributed by atoms with van der Waals surface area (Å²) in [6.07, 6.45) is 0.182. The van der Waals surface area contributed by atoms with Gasteiger partial charge >= 0.3 is 0 Å². The molecule has 29 heavy (non-hydrogen) atoms. The van der Waals surface area contributed by atoms with Crippen molar-refractivity contribution in [3.8, 4) is 5.69 Å². The van der Waals surface area contributed by atoms with Gasteiger partial charge in [0.2, 0.25) is 11.8 Å². The van der Waals surface area contributed by atoms with Gasteiger partial charge in [0.25, 0.3) is 0 Å². The van der Waals surface area contributed by atoms with Crippen molar-refractivity contribution in [2.75, 3.05) is 11.9 Å². The number of nitrogens with one attached hydrogen (secondary N) is 2. The molecule has 2 N–H and O–H groups in total. The fourth-order valence-corrected chi connectivity index (χ4v) is 3.23. The van der Waals surface area contributed by atoms with E-state index >= 15 is 0 Å². The number of para-hydroxylation sites is 1. The molecule has 3 aromatic rings. The summed E-state index contributed by atoms with van der Waals surface area (Å²) in [4.78, 5) is 24.6. The van der Waals surface area contributed by atoms with Crippen molar-refractivity contribution in [2.45, 2.75) is 34.1 Å². The minimum absolute atomic E-state index is 0.0723. The lowest BCUT2D eigenvalue weighted by Gasteiger charge is -2.11. The zero-order valence-electron chi connectivity index (χ0n) is 17.2. The second kappa shape index (κ2) is 8.73. The van der Waals surface area contributed by atoms with E-state index in [0.717, 1.165) is 39.5 Å². The summed E-state index contributed by atoms with van der Waals surface area (Å²) >= 11 is 0. The van der Waals surface area contributed by atoms with Crippen molar-refractivity contribution in [1.29, 1.82) is 0 Å². The number of hydrogen-bond acceptors (Lipinski definition) is 3. The highest BCUT2D eigenvalue weighted by Crippen LogP contribution is 2.19. The van der Waals surface area contributed by atoms with Crippen molar-refractivity contribution < 1.29 is 9.59 Å². The van der Waals surface area contributed by atoms with Gasteiger partial charge in [-0.05, 0) is 57.0 Å². The minimum atomic E-state index is -0.250. The van der Waals surface area contributed by atoms with Crippen molar-refractivity contribution in [3.63, 3.8) is 0 Å². The molecule has 2 aromatic carbocycles. The molecule has 3 rings (SSSR count). The van der Waals surface area contributed by atoms with Gasteiger partial charge in [-0.2, -0.15) is 5.10 Å². The molecular weight excluding hydrogens is 364 g/mol. The number of carbonyl (C=O) groups is 2. The second-order valence-corrected chi connectivity index (χ2v) is 7.15. The van der Waals surface area contributed by atoms with Crippen LogP contribution in [0, 0.1) is 27.7 Å². The number of anilines is 1. The molecule has 0 bridgehead atoms. The maximum atomic E-state index is 12.4. The second-order valence-electron chi connectivity index (χ2n) is 7.15. The van der Waals surface area contributed by atoms with Gasteiger partial charge in [-0.15, -0.1) is 0 Å². The van der Waals surface area contributed by atoms with Gasteiger partial charge in [0.1, 0.15) is 0 Å². The molecule has 6 nitrogen and oxygen atoms in total. The van der Waals surface area contributed by atoms with Gasteiger partial charge in [-0.1, -0.05) is 30.3 Å². The van der Waals surface area contributed by atoms with E-state index in [0.29, 0.717) is 0 Å². The lowest BCUT2D eigenvalue weighted by atomic mass is 10.1.